The van der Waals surface area contributed by atoms with Crippen LogP contribution in [0.1, 0.15) is 29.9 Å². The van der Waals surface area contributed by atoms with Gasteiger partial charge < -0.3 is 29.7 Å². The van der Waals surface area contributed by atoms with Gasteiger partial charge in [-0.1, -0.05) is 13.8 Å². The molecule has 2 N–H and O–H groups in total. The van der Waals surface area contributed by atoms with Crippen LogP contribution in [0.4, 0.5) is 24.5 Å². The highest BCUT2D eigenvalue weighted by Crippen LogP contribution is 2.33. The van der Waals surface area contributed by atoms with Crippen LogP contribution in [-0.2, 0) is 16.0 Å². The molecule has 0 radical (unpaired) electrons. The number of carbonyl (C=O) groups is 3. The molecule has 1 aliphatic rings. The van der Waals surface area contributed by atoms with Crippen molar-refractivity contribution in [3.63, 3.8) is 0 Å². The van der Waals surface area contributed by atoms with Crippen LogP contribution >= 0.6 is 0 Å². The van der Waals surface area contributed by atoms with Gasteiger partial charge in [0.25, 0.3) is 5.91 Å². The van der Waals surface area contributed by atoms with Crippen molar-refractivity contribution >= 4 is 29.2 Å². The van der Waals surface area contributed by atoms with Crippen LogP contribution in [0.25, 0.3) is 5.69 Å². The first kappa shape index (κ1) is 31.9. The number of hydrogen-bond acceptors (Lipinski definition) is 7. The molecule has 0 fully saturated rings. The van der Waals surface area contributed by atoms with Gasteiger partial charge >= 0.3 is 12.1 Å². The number of alkyl halides is 3. The first-order chi connectivity index (χ1) is 19.8. The van der Waals surface area contributed by atoms with E-state index in [0.29, 0.717) is 24.5 Å². The van der Waals surface area contributed by atoms with Gasteiger partial charge in [-0.2, -0.15) is 13.2 Å². The van der Waals surface area contributed by atoms with Crippen LogP contribution in [0, 0.1) is 0 Å². The van der Waals surface area contributed by atoms with Crippen LogP contribution in [0.3, 0.4) is 0 Å². The molecule has 0 unspecified atom stereocenters. The zero-order chi connectivity index (χ0) is 31.2. The quantitative estimate of drug-likeness (QED) is 0.407. The number of carboxylic acid groups (broad SMARTS) is 1. The Labute approximate surface area is 240 Å². The van der Waals surface area contributed by atoms with E-state index in [-0.39, 0.29) is 24.4 Å². The van der Waals surface area contributed by atoms with Crippen molar-refractivity contribution in [2.45, 2.75) is 32.5 Å². The topological polar surface area (TPSA) is 126 Å². The van der Waals surface area contributed by atoms with E-state index in [9.17, 15) is 22.8 Å². The summed E-state index contributed by atoms with van der Waals surface area (Å²) in [5.74, 6) is -1.77. The average molecular weight is 592 g/mol. The maximum Gasteiger partial charge on any atom is 0.490 e. The van der Waals surface area contributed by atoms with E-state index in [2.05, 4.69) is 10.4 Å². The summed E-state index contributed by atoms with van der Waals surface area (Å²) in [6, 6.07) is 15.0. The predicted octanol–water partition coefficient (Wildman–Crippen LogP) is 3.69. The number of carboxylic acids is 1. The molecule has 0 bridgehead atoms. The molecule has 14 heteroatoms. The number of fused-ring (bicyclic) bond motifs is 1. The number of ether oxygens (including phenoxy) is 2. The Morgan fingerprint density at radius 1 is 1.05 bits per heavy atom. The lowest BCUT2D eigenvalue weighted by molar-refractivity contribution is -0.192. The van der Waals surface area contributed by atoms with Crippen LogP contribution in [-0.4, -0.2) is 79.2 Å². The fourth-order valence-corrected chi connectivity index (χ4v) is 4.06. The van der Waals surface area contributed by atoms with Crippen molar-refractivity contribution in [3.8, 4) is 17.3 Å². The number of anilines is 2. The maximum absolute atomic E-state index is 13.7. The molecule has 3 aromatic rings. The molecule has 1 aromatic heterocycles. The number of benzene rings is 2. The lowest BCUT2D eigenvalue weighted by Crippen LogP contribution is -2.39. The van der Waals surface area contributed by atoms with Crippen LogP contribution in [0.2, 0.25) is 0 Å². The largest absolute Gasteiger partial charge is 0.497 e. The number of likely N-dealkylation sites (N-methyl/N-ethyl adjacent to an activating group) is 1. The molecule has 11 nitrogen and oxygen atoms in total. The fraction of sp³-hybridized carbons (Fsp3) is 0.357. The van der Waals surface area contributed by atoms with Gasteiger partial charge in [-0.3, -0.25) is 9.59 Å². The van der Waals surface area contributed by atoms with Gasteiger partial charge in [0, 0.05) is 36.6 Å². The normalized spacial score (nSPS) is 12.8. The third-order valence-corrected chi connectivity index (χ3v) is 6.32. The lowest BCUT2D eigenvalue weighted by Gasteiger charge is -2.28. The number of carbonyl (C=O) groups excluding carboxylic acids is 2. The molecule has 2 heterocycles. The Morgan fingerprint density at radius 3 is 2.12 bits per heavy atom. The molecule has 42 heavy (non-hydrogen) atoms. The van der Waals surface area contributed by atoms with Gasteiger partial charge in [0.1, 0.15) is 11.4 Å². The van der Waals surface area contributed by atoms with Crippen molar-refractivity contribution in [3.05, 3.63) is 59.8 Å². The highest BCUT2D eigenvalue weighted by molar-refractivity contribution is 6.08. The second-order valence-electron chi connectivity index (χ2n) is 9.46. The number of hydrogen-bond donors (Lipinski definition) is 2. The minimum atomic E-state index is -5.08. The van der Waals surface area contributed by atoms with E-state index in [4.69, 9.17) is 19.4 Å². The first-order valence-electron chi connectivity index (χ1n) is 12.8. The summed E-state index contributed by atoms with van der Waals surface area (Å²) in [5, 5.41) is 14.8. The monoisotopic (exact) mass is 591 g/mol. The van der Waals surface area contributed by atoms with Gasteiger partial charge in [0.2, 0.25) is 11.8 Å². The molecule has 0 spiro atoms. The maximum atomic E-state index is 13.7. The van der Waals surface area contributed by atoms with E-state index >= 15 is 0 Å². The molecule has 0 aliphatic carbocycles. The summed E-state index contributed by atoms with van der Waals surface area (Å²) < 4.78 is 44.1. The number of methoxy groups -OCH3 is 2. The average Bonchev–Trinajstić information content (AvgIpc) is 3.35. The van der Waals surface area contributed by atoms with Gasteiger partial charge in [0.15, 0.2) is 0 Å². The number of nitrogens with one attached hydrogen (secondary N) is 1. The van der Waals surface area contributed by atoms with E-state index < -0.39 is 12.1 Å². The summed E-state index contributed by atoms with van der Waals surface area (Å²) in [4.78, 5) is 38.3. The first-order valence-corrected chi connectivity index (χ1v) is 12.8. The summed E-state index contributed by atoms with van der Waals surface area (Å²) in [6.45, 7) is 4.77. The molecule has 2 amide bonds. The second-order valence-corrected chi connectivity index (χ2v) is 9.46. The Hall–Kier alpha value is -4.59. The summed E-state index contributed by atoms with van der Waals surface area (Å²) in [6.07, 6.45) is -4.47. The number of halogens is 3. The van der Waals surface area contributed by atoms with Crippen molar-refractivity contribution < 1.29 is 42.1 Å². The highest BCUT2D eigenvalue weighted by Gasteiger charge is 2.38. The highest BCUT2D eigenvalue weighted by atomic mass is 19.4. The molecular weight excluding hydrogens is 559 g/mol. The van der Waals surface area contributed by atoms with Crippen molar-refractivity contribution in [1.82, 2.24) is 15.1 Å². The Bertz CT molecular complexity index is 1410. The molecule has 1 aliphatic heterocycles. The Morgan fingerprint density at radius 2 is 1.62 bits per heavy atom. The minimum Gasteiger partial charge on any atom is -0.497 e. The van der Waals surface area contributed by atoms with E-state index in [1.54, 1.807) is 35.7 Å². The summed E-state index contributed by atoms with van der Waals surface area (Å²) in [5.41, 5.74) is 3.54. The number of aliphatic carboxylic acids is 1. The van der Waals surface area contributed by atoms with Crippen molar-refractivity contribution in [2.75, 3.05) is 44.2 Å². The molecule has 4 rings (SSSR count). The van der Waals surface area contributed by atoms with Crippen LogP contribution in [0.5, 0.6) is 11.6 Å². The van der Waals surface area contributed by atoms with E-state index in [1.807, 2.05) is 62.4 Å². The summed E-state index contributed by atoms with van der Waals surface area (Å²) in [7, 11) is 4.92. The van der Waals surface area contributed by atoms with Gasteiger partial charge in [-0.25, -0.2) is 9.48 Å². The van der Waals surface area contributed by atoms with Gasteiger partial charge in [-0.15, -0.1) is 5.10 Å². The zero-order valence-corrected chi connectivity index (χ0v) is 23.7. The molecule has 0 atom stereocenters. The smallest absolute Gasteiger partial charge is 0.490 e. The van der Waals surface area contributed by atoms with Gasteiger partial charge in [-0.05, 0) is 55.0 Å². The molecule has 226 valence electrons. The third-order valence-electron chi connectivity index (χ3n) is 6.32. The SMILES string of the molecule is COc1ccc(-n2nc(OC)c3c2C(=O)N(c2ccc(N(C)C(=O)CNC(C)C)cc2)CC3)cc1.O=C(O)C(F)(F)F. The molecule has 0 saturated heterocycles. The van der Waals surface area contributed by atoms with Crippen molar-refractivity contribution in [2.24, 2.45) is 0 Å². The van der Waals surface area contributed by atoms with Crippen molar-refractivity contribution in [1.29, 1.82) is 0 Å². The third kappa shape index (κ3) is 7.37. The van der Waals surface area contributed by atoms with E-state index in [0.717, 1.165) is 28.4 Å². The Balaban J connectivity index is 0.000000616. The van der Waals surface area contributed by atoms with Crippen LogP contribution in [0.15, 0.2) is 48.5 Å². The zero-order valence-electron chi connectivity index (χ0n) is 23.7. The number of amides is 2. The number of nitrogens with zero attached hydrogens (tertiary/aromatic N) is 4. The summed E-state index contributed by atoms with van der Waals surface area (Å²) >= 11 is 0. The molecular formula is C28H32F3N5O6. The lowest BCUT2D eigenvalue weighted by atomic mass is 10.0. The standard InChI is InChI=1S/C26H31N5O4.C2HF3O2/c1-17(2)27-16-23(32)29(3)18-6-8-19(9-7-18)30-15-14-22-24(26(30)33)31(28-25(22)35-5)20-10-12-21(34-4)13-11-20;3-2(4,5)1(6)7/h6-13,17,27H,14-16H2,1-5H3;(H,6,7). The number of rotatable bonds is 8. The van der Waals surface area contributed by atoms with Crippen LogP contribution < -0.4 is 24.6 Å². The van der Waals surface area contributed by atoms with Gasteiger partial charge in [0.05, 0.1) is 26.5 Å². The predicted molar refractivity (Wildman–Crippen MR) is 149 cm³/mol. The Kier molecular flexibility index (Phi) is 10.2. The minimum absolute atomic E-state index is 0.0272. The fourth-order valence-electron chi connectivity index (χ4n) is 4.06. The molecule has 0 saturated carbocycles. The number of aromatic nitrogens is 2. The molecule has 2 aromatic carbocycles. The van der Waals surface area contributed by atoms with E-state index in [1.165, 1.54) is 0 Å². The second kappa shape index (κ2) is 13.4.